The topological polar surface area (TPSA) is 88.2 Å². The molecule has 2 N–H and O–H groups in total. The van der Waals surface area contributed by atoms with Crippen molar-refractivity contribution in [2.24, 2.45) is 0 Å². The number of hydrogen-bond donors (Lipinski definition) is 2. The lowest BCUT2D eigenvalue weighted by atomic mass is 10.0. The number of piperidine rings is 1. The number of hydrogen-bond acceptors (Lipinski definition) is 4. The second-order valence-corrected chi connectivity index (χ2v) is 4.82. The van der Waals surface area contributed by atoms with Crippen molar-refractivity contribution in [3.8, 4) is 0 Å². The molecule has 110 valence electrons. The van der Waals surface area contributed by atoms with Gasteiger partial charge in [0, 0.05) is 29.4 Å². The van der Waals surface area contributed by atoms with Crippen LogP contribution in [-0.2, 0) is 14.4 Å². The van der Waals surface area contributed by atoms with Gasteiger partial charge in [-0.25, -0.2) is 0 Å². The predicted molar refractivity (Wildman–Crippen MR) is 76.9 cm³/mol. The predicted octanol–water partition coefficient (Wildman–Crippen LogP) is 0.715. The molecule has 1 aliphatic heterocycles. The molecule has 0 aromatic carbocycles. The third-order valence-corrected chi connectivity index (χ3v) is 3.37. The average molecular weight is 287 g/mol. The van der Waals surface area contributed by atoms with E-state index in [0.717, 1.165) is 11.3 Å². The van der Waals surface area contributed by atoms with Gasteiger partial charge in [-0.15, -0.1) is 0 Å². The number of pyridine rings is 1. The van der Waals surface area contributed by atoms with E-state index in [1.165, 1.54) is 0 Å². The zero-order valence-electron chi connectivity index (χ0n) is 12.0. The fourth-order valence-corrected chi connectivity index (χ4v) is 2.25. The molecule has 1 saturated heterocycles. The Kier molecular flexibility index (Phi) is 4.47. The van der Waals surface area contributed by atoms with Gasteiger partial charge in [-0.05, 0) is 26.3 Å². The van der Waals surface area contributed by atoms with Gasteiger partial charge in [-0.3, -0.25) is 24.7 Å². The molecule has 21 heavy (non-hydrogen) atoms. The molecule has 0 saturated carbocycles. The molecule has 1 aromatic heterocycles. The summed E-state index contributed by atoms with van der Waals surface area (Å²) in [5.74, 6) is -1.11. The molecule has 0 aliphatic carbocycles. The highest BCUT2D eigenvalue weighted by atomic mass is 16.2. The Morgan fingerprint density at radius 3 is 2.86 bits per heavy atom. The van der Waals surface area contributed by atoms with E-state index in [4.69, 9.17) is 0 Å². The van der Waals surface area contributed by atoms with Crippen molar-refractivity contribution >= 4 is 23.3 Å². The van der Waals surface area contributed by atoms with Crippen LogP contribution in [0.3, 0.4) is 0 Å². The van der Waals surface area contributed by atoms with Crippen LogP contribution in [0.5, 0.6) is 0 Å². The standard InChI is InChI=1S/C15H17N3O3/c1-3-10(11-5-4-8-16-9(11)2)14(20)17-12-6-7-13(19)18-15(12)21/h3-5,8,12H,6-7H2,1-2H3,(H,17,20)(H,18,19,21)/b10-3+. The minimum Gasteiger partial charge on any atom is -0.340 e. The number of amides is 3. The number of allylic oxidation sites excluding steroid dienone is 1. The summed E-state index contributed by atoms with van der Waals surface area (Å²) in [6.07, 6.45) is 3.89. The fourth-order valence-electron chi connectivity index (χ4n) is 2.25. The molecular weight excluding hydrogens is 270 g/mol. The van der Waals surface area contributed by atoms with Gasteiger partial charge in [-0.1, -0.05) is 12.1 Å². The van der Waals surface area contributed by atoms with Crippen LogP contribution in [0.25, 0.3) is 5.57 Å². The van der Waals surface area contributed by atoms with Gasteiger partial charge in [0.05, 0.1) is 0 Å². The van der Waals surface area contributed by atoms with Crippen molar-refractivity contribution in [1.82, 2.24) is 15.6 Å². The summed E-state index contributed by atoms with van der Waals surface area (Å²) in [6.45, 7) is 3.57. The van der Waals surface area contributed by atoms with Crippen LogP contribution < -0.4 is 10.6 Å². The molecule has 0 spiro atoms. The van der Waals surface area contributed by atoms with Crippen molar-refractivity contribution in [3.05, 3.63) is 35.7 Å². The van der Waals surface area contributed by atoms with Crippen molar-refractivity contribution in [3.63, 3.8) is 0 Å². The number of nitrogens with one attached hydrogen (secondary N) is 2. The Bertz CT molecular complexity index is 622. The Morgan fingerprint density at radius 2 is 2.24 bits per heavy atom. The lowest BCUT2D eigenvalue weighted by molar-refractivity contribution is -0.136. The van der Waals surface area contributed by atoms with Crippen LogP contribution >= 0.6 is 0 Å². The van der Waals surface area contributed by atoms with Crippen LogP contribution in [0.15, 0.2) is 24.4 Å². The summed E-state index contributed by atoms with van der Waals surface area (Å²) in [4.78, 5) is 39.3. The van der Waals surface area contributed by atoms with Crippen LogP contribution in [0, 0.1) is 6.92 Å². The first-order valence-corrected chi connectivity index (χ1v) is 6.75. The van der Waals surface area contributed by atoms with Crippen LogP contribution in [-0.4, -0.2) is 28.7 Å². The van der Waals surface area contributed by atoms with Crippen molar-refractivity contribution in [1.29, 1.82) is 0 Å². The number of carbonyl (C=O) groups is 3. The van der Waals surface area contributed by atoms with E-state index in [2.05, 4.69) is 15.6 Å². The lowest BCUT2D eigenvalue weighted by Crippen LogP contribution is -2.52. The summed E-state index contributed by atoms with van der Waals surface area (Å²) in [5.41, 5.74) is 1.93. The first-order valence-electron chi connectivity index (χ1n) is 6.75. The molecule has 0 radical (unpaired) electrons. The van der Waals surface area contributed by atoms with Crippen LogP contribution in [0.2, 0.25) is 0 Å². The van der Waals surface area contributed by atoms with Gasteiger partial charge in [0.1, 0.15) is 6.04 Å². The Labute approximate surface area is 122 Å². The molecular formula is C15H17N3O3. The highest BCUT2D eigenvalue weighted by Gasteiger charge is 2.28. The summed E-state index contributed by atoms with van der Waals surface area (Å²) < 4.78 is 0. The molecule has 6 nitrogen and oxygen atoms in total. The maximum absolute atomic E-state index is 12.4. The molecule has 2 rings (SSSR count). The zero-order chi connectivity index (χ0) is 15.4. The monoisotopic (exact) mass is 287 g/mol. The molecule has 2 heterocycles. The average Bonchev–Trinajstić information content (AvgIpc) is 2.45. The van der Waals surface area contributed by atoms with E-state index in [0.29, 0.717) is 12.0 Å². The second kappa shape index (κ2) is 6.30. The number of imide groups is 1. The van der Waals surface area contributed by atoms with E-state index in [1.54, 1.807) is 25.3 Å². The molecule has 1 atom stereocenters. The van der Waals surface area contributed by atoms with Gasteiger partial charge < -0.3 is 5.32 Å². The minimum absolute atomic E-state index is 0.230. The lowest BCUT2D eigenvalue weighted by Gasteiger charge is -2.22. The summed E-state index contributed by atoms with van der Waals surface area (Å²) in [7, 11) is 0. The molecule has 0 bridgehead atoms. The van der Waals surface area contributed by atoms with E-state index < -0.39 is 11.9 Å². The molecule has 6 heteroatoms. The maximum Gasteiger partial charge on any atom is 0.252 e. The summed E-state index contributed by atoms with van der Waals surface area (Å²) in [5, 5.41) is 4.89. The number of aryl methyl sites for hydroxylation is 1. The maximum atomic E-state index is 12.4. The van der Waals surface area contributed by atoms with Gasteiger partial charge in [-0.2, -0.15) is 0 Å². The van der Waals surface area contributed by atoms with Gasteiger partial charge in [0.25, 0.3) is 5.91 Å². The second-order valence-electron chi connectivity index (χ2n) is 4.82. The van der Waals surface area contributed by atoms with Crippen LogP contribution in [0.1, 0.15) is 31.0 Å². The Morgan fingerprint density at radius 1 is 1.48 bits per heavy atom. The van der Waals surface area contributed by atoms with E-state index in [9.17, 15) is 14.4 Å². The van der Waals surface area contributed by atoms with Gasteiger partial charge in [0.15, 0.2) is 0 Å². The first kappa shape index (κ1) is 14.9. The molecule has 1 aliphatic rings. The quantitative estimate of drug-likeness (QED) is 0.633. The Balaban J connectivity index is 2.14. The number of aromatic nitrogens is 1. The smallest absolute Gasteiger partial charge is 0.252 e. The molecule has 1 fully saturated rings. The normalized spacial score (nSPS) is 19.1. The van der Waals surface area contributed by atoms with E-state index >= 15 is 0 Å². The van der Waals surface area contributed by atoms with Gasteiger partial charge in [0.2, 0.25) is 11.8 Å². The SMILES string of the molecule is C/C=C(/C(=O)NC1CCC(=O)NC1=O)c1cccnc1C. The first-order chi connectivity index (χ1) is 10.0. The van der Waals surface area contributed by atoms with Crippen molar-refractivity contribution < 1.29 is 14.4 Å². The third kappa shape index (κ3) is 3.34. The third-order valence-electron chi connectivity index (χ3n) is 3.37. The van der Waals surface area contributed by atoms with E-state index in [1.807, 2.05) is 13.0 Å². The molecule has 1 unspecified atom stereocenters. The number of carbonyl (C=O) groups excluding carboxylic acids is 3. The molecule has 1 aromatic rings. The van der Waals surface area contributed by atoms with E-state index in [-0.39, 0.29) is 18.2 Å². The van der Waals surface area contributed by atoms with Crippen molar-refractivity contribution in [2.75, 3.05) is 0 Å². The largest absolute Gasteiger partial charge is 0.340 e. The summed E-state index contributed by atoms with van der Waals surface area (Å²) >= 11 is 0. The summed E-state index contributed by atoms with van der Waals surface area (Å²) in [6, 6.07) is 2.88. The zero-order valence-corrected chi connectivity index (χ0v) is 12.0. The number of nitrogens with zero attached hydrogens (tertiary/aromatic N) is 1. The number of rotatable bonds is 3. The fraction of sp³-hybridized carbons (Fsp3) is 0.333. The minimum atomic E-state index is -0.679. The highest BCUT2D eigenvalue weighted by molar-refractivity contribution is 6.20. The van der Waals surface area contributed by atoms with Crippen LogP contribution in [0.4, 0.5) is 0 Å². The van der Waals surface area contributed by atoms with Gasteiger partial charge >= 0.3 is 0 Å². The van der Waals surface area contributed by atoms with Crippen molar-refractivity contribution in [2.45, 2.75) is 32.7 Å². The highest BCUT2D eigenvalue weighted by Crippen LogP contribution is 2.18. The Hall–Kier alpha value is -2.50. The molecule has 3 amide bonds.